The molecule has 0 aromatic rings. The Morgan fingerprint density at radius 1 is 1.58 bits per heavy atom. The van der Waals surface area contributed by atoms with Gasteiger partial charge in [-0.1, -0.05) is 27.5 Å². The summed E-state index contributed by atoms with van der Waals surface area (Å²) >= 11 is 2.49. The first-order chi connectivity index (χ1) is 5.70. The summed E-state index contributed by atoms with van der Waals surface area (Å²) in [5, 5.41) is 8.81. The van der Waals surface area contributed by atoms with Crippen LogP contribution in [0.15, 0.2) is 0 Å². The van der Waals surface area contributed by atoms with Crippen molar-refractivity contribution in [1.29, 1.82) is 0 Å². The number of hydrogen-bond donors (Lipinski definition) is 1. The maximum Gasteiger partial charge on any atom is 0.147 e. The van der Waals surface area contributed by atoms with Crippen LogP contribution < -0.4 is 0 Å². The van der Waals surface area contributed by atoms with E-state index < -0.39 is 0 Å². The molecule has 0 saturated carbocycles. The van der Waals surface area contributed by atoms with Gasteiger partial charge in [0.1, 0.15) is 7.57 Å². The second kappa shape index (κ2) is 8.73. The zero-order valence-corrected chi connectivity index (χ0v) is 10.8. The summed E-state index contributed by atoms with van der Waals surface area (Å²) < 4.78 is 5.02. The van der Waals surface area contributed by atoms with E-state index in [1.54, 1.807) is 7.11 Å². The van der Waals surface area contributed by atoms with Crippen LogP contribution in [0.1, 0.15) is 12.8 Å². The van der Waals surface area contributed by atoms with Crippen LogP contribution in [0.3, 0.4) is 0 Å². The van der Waals surface area contributed by atoms with Crippen molar-refractivity contribution in [2.75, 3.05) is 26.5 Å². The Balaban J connectivity index is 3.54. The number of hydrogen-bond acceptors (Lipinski definition) is 2. The lowest BCUT2D eigenvalue weighted by Gasteiger charge is -2.16. The first-order valence-electron chi connectivity index (χ1n) is 4.17. The molecular weight excluding hydrogens is 285 g/mol. The van der Waals surface area contributed by atoms with Crippen LogP contribution in [-0.2, 0) is 4.74 Å². The molecule has 0 radical (unpaired) electrons. The van der Waals surface area contributed by atoms with Crippen LogP contribution in [0.2, 0.25) is 0 Å². The third-order valence-electron chi connectivity index (χ3n) is 1.78. The molecule has 0 saturated heterocycles. The SMILES string of the molecule is BP(I)CC(CCO)CCOC. The van der Waals surface area contributed by atoms with Crippen LogP contribution in [0, 0.1) is 5.92 Å². The van der Waals surface area contributed by atoms with Gasteiger partial charge in [-0.2, -0.15) is 0 Å². The van der Waals surface area contributed by atoms with Crippen molar-refractivity contribution >= 4 is 35.0 Å². The van der Waals surface area contributed by atoms with Crippen LogP contribution in [0.25, 0.3) is 0 Å². The van der Waals surface area contributed by atoms with Crippen molar-refractivity contribution in [3.05, 3.63) is 0 Å². The lowest BCUT2D eigenvalue weighted by molar-refractivity contribution is 0.170. The van der Waals surface area contributed by atoms with Crippen LogP contribution >= 0.6 is 27.5 Å². The first kappa shape index (κ1) is 13.1. The van der Waals surface area contributed by atoms with Gasteiger partial charge in [0.05, 0.1) is 0 Å². The molecule has 1 N–H and O–H groups in total. The molecular formula is C7H17BIO2P. The molecule has 72 valence electrons. The van der Waals surface area contributed by atoms with Gasteiger partial charge in [0, 0.05) is 20.3 Å². The van der Waals surface area contributed by atoms with E-state index in [1.807, 2.05) is 0 Å². The molecule has 2 nitrogen and oxygen atoms in total. The number of aliphatic hydroxyl groups is 1. The van der Waals surface area contributed by atoms with E-state index in [0.717, 1.165) is 19.4 Å². The van der Waals surface area contributed by atoms with Crippen LogP contribution in [0.4, 0.5) is 0 Å². The summed E-state index contributed by atoms with van der Waals surface area (Å²) in [6.45, 7) is 1.14. The van der Waals surface area contributed by atoms with Crippen LogP contribution in [-0.4, -0.2) is 39.2 Å². The Kier molecular flexibility index (Phi) is 9.56. The molecule has 2 unspecified atom stereocenters. The lowest BCUT2D eigenvalue weighted by atomic mass is 10.1. The smallest absolute Gasteiger partial charge is 0.147 e. The second-order valence-electron chi connectivity index (χ2n) is 2.95. The van der Waals surface area contributed by atoms with Crippen molar-refractivity contribution in [3.63, 3.8) is 0 Å². The minimum atomic E-state index is 0.135. The van der Waals surface area contributed by atoms with E-state index in [4.69, 9.17) is 9.84 Å². The summed E-state index contributed by atoms with van der Waals surface area (Å²) in [7, 11) is 4.00. The normalized spacial score (nSPS) is 15.9. The van der Waals surface area contributed by atoms with E-state index in [-0.39, 0.29) is 5.44 Å². The van der Waals surface area contributed by atoms with Crippen molar-refractivity contribution in [3.8, 4) is 0 Å². The maximum absolute atomic E-state index is 8.81. The highest BCUT2D eigenvalue weighted by molar-refractivity contribution is 14.2. The number of ether oxygens (including phenoxy) is 1. The minimum absolute atomic E-state index is 0.135. The van der Waals surface area contributed by atoms with Crippen molar-refractivity contribution < 1.29 is 9.84 Å². The highest BCUT2D eigenvalue weighted by atomic mass is 127. The van der Waals surface area contributed by atoms with Gasteiger partial charge in [-0.15, -0.1) is 0 Å². The molecule has 0 heterocycles. The predicted octanol–water partition coefficient (Wildman–Crippen LogP) is 1.40. The minimum Gasteiger partial charge on any atom is -0.396 e. The fourth-order valence-corrected chi connectivity index (χ4v) is 3.90. The van der Waals surface area contributed by atoms with Crippen molar-refractivity contribution in [2.24, 2.45) is 5.92 Å². The summed E-state index contributed by atoms with van der Waals surface area (Å²) in [4.78, 5) is 0. The average Bonchev–Trinajstić information content (AvgIpc) is 2.00. The van der Waals surface area contributed by atoms with Crippen molar-refractivity contribution in [2.45, 2.75) is 12.8 Å². The number of rotatable bonds is 7. The van der Waals surface area contributed by atoms with Crippen molar-refractivity contribution in [1.82, 2.24) is 0 Å². The third kappa shape index (κ3) is 7.78. The number of methoxy groups -OCH3 is 1. The second-order valence-corrected chi connectivity index (χ2v) is 9.46. The van der Waals surface area contributed by atoms with Gasteiger partial charge in [0.15, 0.2) is 0 Å². The average molecular weight is 302 g/mol. The van der Waals surface area contributed by atoms with Gasteiger partial charge in [-0.25, -0.2) is 0 Å². The zero-order chi connectivity index (χ0) is 9.40. The largest absolute Gasteiger partial charge is 0.396 e. The predicted molar refractivity (Wildman–Crippen MR) is 66.0 cm³/mol. The summed E-state index contributed by atoms with van der Waals surface area (Å²) in [6, 6.07) is 0. The lowest BCUT2D eigenvalue weighted by Crippen LogP contribution is -2.09. The molecule has 2 atom stereocenters. The Hall–Kier alpha value is 1.14. The van der Waals surface area contributed by atoms with Gasteiger partial charge in [0.25, 0.3) is 0 Å². The van der Waals surface area contributed by atoms with Gasteiger partial charge in [-0.3, -0.25) is 0 Å². The molecule has 5 heteroatoms. The van der Waals surface area contributed by atoms with E-state index >= 15 is 0 Å². The summed E-state index contributed by atoms with van der Waals surface area (Å²) in [5.41, 5.74) is 0.135. The zero-order valence-electron chi connectivity index (χ0n) is 7.79. The molecule has 0 bridgehead atoms. The van der Waals surface area contributed by atoms with Gasteiger partial charge in [0.2, 0.25) is 0 Å². The highest BCUT2D eigenvalue weighted by Gasteiger charge is 2.10. The molecule has 0 aromatic heterocycles. The highest BCUT2D eigenvalue weighted by Crippen LogP contribution is 2.42. The fraction of sp³-hybridized carbons (Fsp3) is 1.00. The quantitative estimate of drug-likeness (QED) is 0.438. The molecule has 0 amide bonds. The molecule has 12 heavy (non-hydrogen) atoms. The van der Waals surface area contributed by atoms with Gasteiger partial charge < -0.3 is 9.84 Å². The maximum atomic E-state index is 8.81. The van der Waals surface area contributed by atoms with Gasteiger partial charge >= 0.3 is 0 Å². The Morgan fingerprint density at radius 3 is 2.67 bits per heavy atom. The molecule has 0 fully saturated rings. The number of halogens is 1. The molecule has 0 rings (SSSR count). The van der Waals surface area contributed by atoms with E-state index in [0.29, 0.717) is 12.5 Å². The topological polar surface area (TPSA) is 29.5 Å². The molecule has 0 spiro atoms. The molecule has 0 aliphatic heterocycles. The molecule has 0 aliphatic rings. The Morgan fingerprint density at radius 2 is 2.25 bits per heavy atom. The fourth-order valence-electron chi connectivity index (χ4n) is 1.15. The van der Waals surface area contributed by atoms with E-state index in [2.05, 4.69) is 29.6 Å². The van der Waals surface area contributed by atoms with Gasteiger partial charge in [-0.05, 0) is 24.9 Å². The summed E-state index contributed by atoms with van der Waals surface area (Å²) in [5.74, 6) is 0.656. The van der Waals surface area contributed by atoms with Crippen LogP contribution in [0.5, 0.6) is 0 Å². The standard InChI is InChI=1S/C7H17BIO2P/c1-11-5-3-7(2-4-10)6-12(8)9/h7,10H,2-6,8H2,1H3. The third-order valence-corrected chi connectivity index (χ3v) is 3.98. The summed E-state index contributed by atoms with van der Waals surface area (Å²) in [6.07, 6.45) is 3.27. The monoisotopic (exact) mass is 302 g/mol. The van der Waals surface area contributed by atoms with E-state index in [1.165, 1.54) is 6.16 Å². The first-order valence-corrected chi connectivity index (χ1v) is 8.93. The Bertz CT molecular complexity index is 105. The molecule has 0 aromatic carbocycles. The number of aliphatic hydroxyl groups excluding tert-OH is 1. The Labute approximate surface area is 90.1 Å². The molecule has 0 aliphatic carbocycles. The van der Waals surface area contributed by atoms with E-state index in [9.17, 15) is 0 Å².